The highest BCUT2D eigenvalue weighted by Crippen LogP contribution is 2.32. The van der Waals surface area contributed by atoms with Gasteiger partial charge in [0.15, 0.2) is 0 Å². The molecule has 0 aromatic heterocycles. The molecule has 1 aliphatic rings. The van der Waals surface area contributed by atoms with Crippen LogP contribution in [0.15, 0.2) is 36.4 Å². The molecule has 3 rings (SSSR count). The van der Waals surface area contributed by atoms with Crippen molar-refractivity contribution in [1.29, 1.82) is 0 Å². The number of rotatable bonds is 3. The van der Waals surface area contributed by atoms with Gasteiger partial charge in [0.1, 0.15) is 17.4 Å². The Morgan fingerprint density at radius 3 is 2.50 bits per heavy atom. The molecule has 0 amide bonds. The summed E-state index contributed by atoms with van der Waals surface area (Å²) in [6.45, 7) is 1.88. The fourth-order valence-corrected chi connectivity index (χ4v) is 3.02. The lowest BCUT2D eigenvalue weighted by atomic mass is 9.88. The Morgan fingerprint density at radius 1 is 1.05 bits per heavy atom. The number of ether oxygens (including phenoxy) is 1. The van der Waals surface area contributed by atoms with Crippen LogP contribution in [0, 0.1) is 11.6 Å². The number of hydrogen-bond donors (Lipinski definition) is 1. The van der Waals surface area contributed by atoms with E-state index >= 15 is 0 Å². The first kappa shape index (κ1) is 15.0. The van der Waals surface area contributed by atoms with Crippen molar-refractivity contribution in [1.82, 2.24) is 5.32 Å². The smallest absolute Gasteiger partial charge is 0.134 e. The molecule has 0 aliphatic carbocycles. The minimum atomic E-state index is -0.402. The lowest BCUT2D eigenvalue weighted by Gasteiger charge is -2.23. The van der Waals surface area contributed by atoms with Crippen LogP contribution >= 0.6 is 0 Å². The van der Waals surface area contributed by atoms with Crippen molar-refractivity contribution < 1.29 is 13.5 Å². The van der Waals surface area contributed by atoms with E-state index in [2.05, 4.69) is 5.32 Å². The first-order valence-electron chi connectivity index (χ1n) is 7.52. The Balaban J connectivity index is 1.98. The van der Waals surface area contributed by atoms with E-state index in [-0.39, 0.29) is 5.82 Å². The second-order valence-electron chi connectivity index (χ2n) is 5.64. The number of nitrogens with one attached hydrogen (secondary N) is 1. The molecule has 116 valence electrons. The lowest BCUT2D eigenvalue weighted by molar-refractivity contribution is 0.411. The lowest BCUT2D eigenvalue weighted by Crippen LogP contribution is -2.26. The Kier molecular flexibility index (Phi) is 4.39. The Morgan fingerprint density at radius 2 is 1.82 bits per heavy atom. The molecule has 2 nitrogen and oxygen atoms in total. The molecule has 0 saturated carbocycles. The van der Waals surface area contributed by atoms with Gasteiger partial charge in [-0.05, 0) is 67.2 Å². The maximum absolute atomic E-state index is 14.2. The van der Waals surface area contributed by atoms with Crippen molar-refractivity contribution >= 4 is 0 Å². The van der Waals surface area contributed by atoms with Crippen molar-refractivity contribution in [2.75, 3.05) is 20.2 Å². The Hall–Kier alpha value is -1.94. The van der Waals surface area contributed by atoms with Crippen molar-refractivity contribution in [2.24, 2.45) is 0 Å². The summed E-state index contributed by atoms with van der Waals surface area (Å²) in [6, 6.07) is 9.51. The number of halogens is 2. The van der Waals surface area contributed by atoms with E-state index in [0.717, 1.165) is 31.5 Å². The molecular weight excluding hydrogens is 284 g/mol. The van der Waals surface area contributed by atoms with E-state index in [1.165, 1.54) is 19.2 Å². The molecule has 1 N–H and O–H groups in total. The summed E-state index contributed by atoms with van der Waals surface area (Å²) in [5.41, 5.74) is 1.93. The molecular formula is C18H19F2NO. The third-order valence-corrected chi connectivity index (χ3v) is 4.22. The first-order chi connectivity index (χ1) is 10.7. The van der Waals surface area contributed by atoms with Crippen LogP contribution < -0.4 is 10.1 Å². The SMILES string of the molecule is COc1ccc(-c2cc(F)cc(C3CCNCC3)c2)c(F)c1. The van der Waals surface area contributed by atoms with Gasteiger partial charge in [0.2, 0.25) is 0 Å². The quantitative estimate of drug-likeness (QED) is 0.921. The fourth-order valence-electron chi connectivity index (χ4n) is 3.02. The summed E-state index contributed by atoms with van der Waals surface area (Å²) in [5, 5.41) is 3.30. The highest BCUT2D eigenvalue weighted by atomic mass is 19.1. The van der Waals surface area contributed by atoms with Crippen molar-refractivity contribution in [3.63, 3.8) is 0 Å². The first-order valence-corrected chi connectivity index (χ1v) is 7.52. The highest BCUT2D eigenvalue weighted by molar-refractivity contribution is 5.66. The van der Waals surface area contributed by atoms with Crippen LogP contribution in [0.3, 0.4) is 0 Å². The molecule has 1 heterocycles. The van der Waals surface area contributed by atoms with Crippen molar-refractivity contribution in [2.45, 2.75) is 18.8 Å². The summed E-state index contributed by atoms with van der Waals surface area (Å²) in [7, 11) is 1.49. The van der Waals surface area contributed by atoms with Crippen LogP contribution in [0.25, 0.3) is 11.1 Å². The van der Waals surface area contributed by atoms with Crippen LogP contribution in [0.5, 0.6) is 5.75 Å². The van der Waals surface area contributed by atoms with Crippen LogP contribution in [-0.4, -0.2) is 20.2 Å². The Labute approximate surface area is 129 Å². The van der Waals surface area contributed by atoms with E-state index in [1.54, 1.807) is 18.2 Å². The Bertz CT molecular complexity index is 666. The van der Waals surface area contributed by atoms with Crippen LogP contribution in [0.1, 0.15) is 24.3 Å². The largest absolute Gasteiger partial charge is 0.497 e. The molecule has 0 bridgehead atoms. The monoisotopic (exact) mass is 303 g/mol. The van der Waals surface area contributed by atoms with Gasteiger partial charge >= 0.3 is 0 Å². The van der Waals surface area contributed by atoms with Crippen molar-refractivity contribution in [3.05, 3.63) is 53.6 Å². The summed E-state index contributed by atoms with van der Waals surface area (Å²) in [4.78, 5) is 0. The maximum atomic E-state index is 14.2. The zero-order chi connectivity index (χ0) is 15.5. The van der Waals surface area contributed by atoms with Gasteiger partial charge < -0.3 is 10.1 Å². The second-order valence-corrected chi connectivity index (χ2v) is 5.64. The molecule has 1 aliphatic heterocycles. The number of piperidine rings is 1. The number of hydrogen-bond acceptors (Lipinski definition) is 2. The number of benzene rings is 2. The molecule has 0 atom stereocenters. The van der Waals surface area contributed by atoms with E-state index in [1.807, 2.05) is 6.07 Å². The summed E-state index contributed by atoms with van der Waals surface area (Å²) in [6.07, 6.45) is 1.96. The summed E-state index contributed by atoms with van der Waals surface area (Å²) in [5.74, 6) is 0.0655. The van der Waals surface area contributed by atoms with Gasteiger partial charge in [-0.3, -0.25) is 0 Å². The van der Waals surface area contributed by atoms with Crippen molar-refractivity contribution in [3.8, 4) is 16.9 Å². The van der Waals surface area contributed by atoms with Gasteiger partial charge in [0.25, 0.3) is 0 Å². The zero-order valence-electron chi connectivity index (χ0n) is 12.5. The summed E-state index contributed by atoms with van der Waals surface area (Å²) < 4.78 is 33.2. The summed E-state index contributed by atoms with van der Waals surface area (Å²) >= 11 is 0. The molecule has 0 radical (unpaired) electrons. The van der Waals surface area contributed by atoms with E-state index < -0.39 is 5.82 Å². The molecule has 0 spiro atoms. The van der Waals surface area contributed by atoms with Crippen LogP contribution in [0.2, 0.25) is 0 Å². The molecule has 0 unspecified atom stereocenters. The minimum Gasteiger partial charge on any atom is -0.497 e. The van der Waals surface area contributed by atoms with E-state index in [9.17, 15) is 8.78 Å². The normalized spacial score (nSPS) is 15.8. The molecule has 4 heteroatoms. The molecule has 1 saturated heterocycles. The third-order valence-electron chi connectivity index (χ3n) is 4.22. The predicted molar refractivity (Wildman–Crippen MR) is 83.2 cm³/mol. The molecule has 2 aromatic carbocycles. The van der Waals surface area contributed by atoms with Gasteiger partial charge in [0.05, 0.1) is 7.11 Å². The van der Waals surface area contributed by atoms with Crippen LogP contribution in [-0.2, 0) is 0 Å². The van der Waals surface area contributed by atoms with E-state index in [4.69, 9.17) is 4.74 Å². The highest BCUT2D eigenvalue weighted by Gasteiger charge is 2.17. The van der Waals surface area contributed by atoms with Gasteiger partial charge in [-0.25, -0.2) is 8.78 Å². The standard InChI is InChI=1S/C18H19F2NO/c1-22-16-2-3-17(18(20)11-16)14-8-13(9-15(19)10-14)12-4-6-21-7-5-12/h2-3,8-12,21H,4-7H2,1H3. The zero-order valence-corrected chi connectivity index (χ0v) is 12.5. The maximum Gasteiger partial charge on any atom is 0.134 e. The van der Waals surface area contributed by atoms with Gasteiger partial charge in [0, 0.05) is 11.6 Å². The fraction of sp³-hybridized carbons (Fsp3) is 0.333. The van der Waals surface area contributed by atoms with Crippen LogP contribution in [0.4, 0.5) is 8.78 Å². The van der Waals surface area contributed by atoms with Gasteiger partial charge in [-0.2, -0.15) is 0 Å². The van der Waals surface area contributed by atoms with Gasteiger partial charge in [-0.1, -0.05) is 6.07 Å². The second kappa shape index (κ2) is 6.44. The molecule has 1 fully saturated rings. The minimum absolute atomic E-state index is 0.318. The average molecular weight is 303 g/mol. The van der Waals surface area contributed by atoms with Gasteiger partial charge in [-0.15, -0.1) is 0 Å². The molecule has 2 aromatic rings. The third kappa shape index (κ3) is 3.12. The van der Waals surface area contributed by atoms with E-state index in [0.29, 0.717) is 22.8 Å². The predicted octanol–water partition coefficient (Wildman–Crippen LogP) is 4.11. The topological polar surface area (TPSA) is 21.3 Å². The average Bonchev–Trinajstić information content (AvgIpc) is 2.55. The molecule has 22 heavy (non-hydrogen) atoms. The number of methoxy groups -OCH3 is 1.